The fourth-order valence-electron chi connectivity index (χ4n) is 2.58. The third-order valence-corrected chi connectivity index (χ3v) is 3.63. The topological polar surface area (TPSA) is 160 Å². The highest BCUT2D eigenvalue weighted by Crippen LogP contribution is 2.32. The molecule has 0 aliphatic carbocycles. The average molecular weight is 306 g/mol. The van der Waals surface area contributed by atoms with Crippen molar-refractivity contribution >= 4 is 28.7 Å². The van der Waals surface area contributed by atoms with Crippen molar-refractivity contribution in [1.82, 2.24) is 19.5 Å². The van der Waals surface area contributed by atoms with Crippen LogP contribution in [0, 0.1) is 0 Å². The molecule has 0 unspecified atom stereocenters. The molecule has 0 amide bonds. The van der Waals surface area contributed by atoms with Crippen LogP contribution in [0.15, 0.2) is 6.33 Å². The van der Waals surface area contributed by atoms with Crippen molar-refractivity contribution in [2.75, 3.05) is 17.7 Å². The van der Waals surface area contributed by atoms with Crippen LogP contribution >= 0.6 is 0 Å². The SMILES string of the molecule is NCCC(=O)[C@@H]1CC[C@H](n2cnc3c(N)nc(NN)nc32)O1. The molecule has 1 fully saturated rings. The fourth-order valence-corrected chi connectivity index (χ4v) is 2.58. The fraction of sp³-hybridized carbons (Fsp3) is 0.500. The zero-order valence-corrected chi connectivity index (χ0v) is 11.9. The van der Waals surface area contributed by atoms with E-state index in [-0.39, 0.29) is 23.8 Å². The lowest BCUT2D eigenvalue weighted by Gasteiger charge is -2.14. The average Bonchev–Trinajstić information content (AvgIpc) is 3.13. The summed E-state index contributed by atoms with van der Waals surface area (Å²) in [5, 5.41) is 0. The van der Waals surface area contributed by atoms with Crippen LogP contribution in [0.3, 0.4) is 0 Å². The van der Waals surface area contributed by atoms with Gasteiger partial charge in [-0.1, -0.05) is 0 Å². The predicted octanol–water partition coefficient (Wildman–Crippen LogP) is -0.710. The first-order chi connectivity index (χ1) is 10.6. The summed E-state index contributed by atoms with van der Waals surface area (Å²) in [5.74, 6) is 5.77. The summed E-state index contributed by atoms with van der Waals surface area (Å²) >= 11 is 0. The molecular formula is C12H18N8O2. The highest BCUT2D eigenvalue weighted by Gasteiger charge is 2.32. The van der Waals surface area contributed by atoms with E-state index in [1.807, 2.05) is 0 Å². The Balaban J connectivity index is 1.88. The highest BCUT2D eigenvalue weighted by molar-refractivity contribution is 5.84. The number of rotatable bonds is 5. The van der Waals surface area contributed by atoms with Crippen LogP contribution < -0.4 is 22.7 Å². The van der Waals surface area contributed by atoms with Crippen molar-refractivity contribution < 1.29 is 9.53 Å². The van der Waals surface area contributed by atoms with Gasteiger partial charge in [0.2, 0.25) is 5.95 Å². The second-order valence-electron chi connectivity index (χ2n) is 5.06. The molecule has 22 heavy (non-hydrogen) atoms. The molecule has 7 N–H and O–H groups in total. The van der Waals surface area contributed by atoms with Crippen molar-refractivity contribution in [1.29, 1.82) is 0 Å². The first-order valence-corrected chi connectivity index (χ1v) is 6.99. The molecule has 118 valence electrons. The summed E-state index contributed by atoms with van der Waals surface area (Å²) in [6.07, 6.45) is 2.47. The normalized spacial score (nSPS) is 21.4. The van der Waals surface area contributed by atoms with Gasteiger partial charge in [-0.3, -0.25) is 14.8 Å². The number of carbonyl (C=O) groups excluding carboxylic acids is 1. The highest BCUT2D eigenvalue weighted by atomic mass is 16.5. The number of hydrogen-bond acceptors (Lipinski definition) is 9. The molecule has 0 radical (unpaired) electrons. The minimum Gasteiger partial charge on any atom is -0.382 e. The van der Waals surface area contributed by atoms with Gasteiger partial charge in [0, 0.05) is 6.42 Å². The van der Waals surface area contributed by atoms with E-state index < -0.39 is 6.10 Å². The maximum Gasteiger partial charge on any atom is 0.241 e. The number of nitrogens with zero attached hydrogens (tertiary/aromatic N) is 4. The van der Waals surface area contributed by atoms with Gasteiger partial charge in [0.1, 0.15) is 17.8 Å². The van der Waals surface area contributed by atoms with E-state index in [1.54, 1.807) is 10.9 Å². The lowest BCUT2D eigenvalue weighted by molar-refractivity contribution is -0.131. The number of ether oxygens (including phenoxy) is 1. The Hall–Kier alpha value is -2.30. The Labute approximate surface area is 126 Å². The molecule has 0 aromatic carbocycles. The van der Waals surface area contributed by atoms with Gasteiger partial charge in [0.25, 0.3) is 0 Å². The Morgan fingerprint density at radius 3 is 3.00 bits per heavy atom. The number of nitrogens with two attached hydrogens (primary N) is 3. The molecule has 1 saturated heterocycles. The molecule has 3 heterocycles. The molecule has 3 rings (SSSR count). The van der Waals surface area contributed by atoms with Crippen LogP contribution in [-0.4, -0.2) is 38.0 Å². The maximum atomic E-state index is 11.9. The van der Waals surface area contributed by atoms with Crippen LogP contribution in [-0.2, 0) is 9.53 Å². The van der Waals surface area contributed by atoms with Crippen LogP contribution in [0.25, 0.3) is 11.2 Å². The Bertz CT molecular complexity index is 700. The number of ketones is 1. The van der Waals surface area contributed by atoms with Crippen LogP contribution in [0.4, 0.5) is 11.8 Å². The number of nitrogens with one attached hydrogen (secondary N) is 1. The molecular weight excluding hydrogens is 288 g/mol. The summed E-state index contributed by atoms with van der Waals surface area (Å²) in [7, 11) is 0. The van der Waals surface area contributed by atoms with E-state index in [0.717, 1.165) is 0 Å². The molecule has 1 aliphatic rings. The minimum absolute atomic E-state index is 0.0212. The first-order valence-electron chi connectivity index (χ1n) is 6.99. The van der Waals surface area contributed by atoms with E-state index in [1.165, 1.54) is 0 Å². The smallest absolute Gasteiger partial charge is 0.241 e. The molecule has 2 aromatic rings. The zero-order chi connectivity index (χ0) is 15.7. The van der Waals surface area contributed by atoms with E-state index >= 15 is 0 Å². The zero-order valence-electron chi connectivity index (χ0n) is 11.9. The number of anilines is 2. The number of fused-ring (bicyclic) bond motifs is 1. The second-order valence-corrected chi connectivity index (χ2v) is 5.06. The van der Waals surface area contributed by atoms with Crippen molar-refractivity contribution in [2.24, 2.45) is 11.6 Å². The molecule has 0 spiro atoms. The molecule has 0 bridgehead atoms. The second kappa shape index (κ2) is 5.83. The van der Waals surface area contributed by atoms with Crippen molar-refractivity contribution in [3.63, 3.8) is 0 Å². The summed E-state index contributed by atoms with van der Waals surface area (Å²) < 4.78 is 7.55. The number of carbonyl (C=O) groups is 1. The summed E-state index contributed by atoms with van der Waals surface area (Å²) in [4.78, 5) is 24.3. The lowest BCUT2D eigenvalue weighted by atomic mass is 10.1. The number of hydrogen-bond donors (Lipinski definition) is 4. The van der Waals surface area contributed by atoms with Crippen LogP contribution in [0.2, 0.25) is 0 Å². The molecule has 2 atom stereocenters. The van der Waals surface area contributed by atoms with Gasteiger partial charge >= 0.3 is 0 Å². The summed E-state index contributed by atoms with van der Waals surface area (Å²) in [6, 6.07) is 0. The molecule has 1 aliphatic heterocycles. The monoisotopic (exact) mass is 306 g/mol. The Morgan fingerprint density at radius 1 is 1.45 bits per heavy atom. The third-order valence-electron chi connectivity index (χ3n) is 3.63. The number of nitrogen functional groups attached to an aromatic ring is 2. The van der Waals surface area contributed by atoms with E-state index in [2.05, 4.69) is 20.4 Å². The van der Waals surface area contributed by atoms with E-state index in [4.69, 9.17) is 22.0 Å². The first kappa shape index (κ1) is 14.6. The standard InChI is InChI=1S/C12H18N8O2/c13-4-3-6(21)7-1-2-8(22-7)20-5-16-9-10(14)17-12(19-15)18-11(9)20/h5,7-8H,1-4,13,15H2,(H3,14,17,18,19)/t7-,8+/m0/s1. The van der Waals surface area contributed by atoms with Gasteiger partial charge in [-0.15, -0.1) is 0 Å². The van der Waals surface area contributed by atoms with Crippen molar-refractivity contribution in [3.05, 3.63) is 6.33 Å². The third kappa shape index (κ3) is 2.47. The lowest BCUT2D eigenvalue weighted by Crippen LogP contribution is -2.23. The van der Waals surface area contributed by atoms with Gasteiger partial charge < -0.3 is 16.2 Å². The van der Waals surface area contributed by atoms with Gasteiger partial charge in [-0.05, 0) is 19.4 Å². The summed E-state index contributed by atoms with van der Waals surface area (Å²) in [5.41, 5.74) is 14.6. The number of Topliss-reactive ketones (excluding diaryl/α,β-unsaturated/α-hetero) is 1. The Morgan fingerprint density at radius 2 is 2.27 bits per heavy atom. The molecule has 2 aromatic heterocycles. The van der Waals surface area contributed by atoms with Crippen molar-refractivity contribution in [3.8, 4) is 0 Å². The molecule has 10 heteroatoms. The largest absolute Gasteiger partial charge is 0.382 e. The predicted molar refractivity (Wildman–Crippen MR) is 79.4 cm³/mol. The number of imidazole rings is 1. The summed E-state index contributed by atoms with van der Waals surface area (Å²) in [6.45, 7) is 0.326. The van der Waals surface area contributed by atoms with Crippen LogP contribution in [0.1, 0.15) is 25.5 Å². The molecule has 0 saturated carbocycles. The van der Waals surface area contributed by atoms with Crippen LogP contribution in [0.5, 0.6) is 0 Å². The maximum absolute atomic E-state index is 11.9. The number of hydrazine groups is 1. The van der Waals surface area contributed by atoms with Crippen molar-refractivity contribution in [2.45, 2.75) is 31.6 Å². The van der Waals surface area contributed by atoms with E-state index in [9.17, 15) is 4.79 Å². The Kier molecular flexibility index (Phi) is 3.88. The van der Waals surface area contributed by atoms with E-state index in [0.29, 0.717) is 37.0 Å². The molecule has 10 nitrogen and oxygen atoms in total. The number of aromatic nitrogens is 4. The van der Waals surface area contributed by atoms with Gasteiger partial charge in [0.05, 0.1) is 6.33 Å². The van der Waals surface area contributed by atoms with Gasteiger partial charge in [-0.25, -0.2) is 10.8 Å². The minimum atomic E-state index is -0.433. The van der Waals surface area contributed by atoms with Gasteiger partial charge in [-0.2, -0.15) is 9.97 Å². The van der Waals surface area contributed by atoms with Gasteiger partial charge in [0.15, 0.2) is 17.2 Å². The quantitative estimate of drug-likeness (QED) is 0.413.